The first-order valence-electron chi connectivity index (χ1n) is 24.8. The Balaban J connectivity index is 1.51. The first kappa shape index (κ1) is 48.5. The van der Waals surface area contributed by atoms with Gasteiger partial charge in [-0.1, -0.05) is 139 Å². The number of methoxy groups -OCH3 is 1. The molecule has 4 aliphatic heterocycles. The van der Waals surface area contributed by atoms with Crippen LogP contribution >= 0.6 is 0 Å². The van der Waals surface area contributed by atoms with Crippen molar-refractivity contribution in [2.24, 2.45) is 30.0 Å². The van der Waals surface area contributed by atoms with Gasteiger partial charge in [-0.15, -0.1) is 0 Å². The Morgan fingerprint density at radius 2 is 0.847 bits per heavy atom. The summed E-state index contributed by atoms with van der Waals surface area (Å²) in [4.78, 5) is 75.5. The molecular weight excluding hydrogens is 921 g/mol. The van der Waals surface area contributed by atoms with Crippen molar-refractivity contribution in [1.29, 1.82) is 0 Å². The number of rotatable bonds is 7. The molecule has 0 N–H and O–H groups in total. The number of amidine groups is 4. The van der Waals surface area contributed by atoms with Gasteiger partial charge in [0, 0.05) is 50.2 Å². The van der Waals surface area contributed by atoms with Crippen LogP contribution in [0.25, 0.3) is 21.5 Å². The first-order chi connectivity index (χ1) is 33.8. The molecule has 2 aromatic heterocycles. The molecule has 1 unspecified atom stereocenters. The Kier molecular flexibility index (Phi) is 11.3. The second-order valence-electron chi connectivity index (χ2n) is 23.3. The van der Waals surface area contributed by atoms with Gasteiger partial charge in [0.2, 0.25) is 0 Å². The smallest absolute Gasteiger partial charge is 0.469 e. The van der Waals surface area contributed by atoms with Gasteiger partial charge in [0.15, 0.2) is 23.3 Å². The van der Waals surface area contributed by atoms with Gasteiger partial charge in [0.25, 0.3) is 11.9 Å². The lowest BCUT2D eigenvalue weighted by Crippen LogP contribution is -2.65. The highest BCUT2D eigenvalue weighted by Crippen LogP contribution is 2.46. The number of ether oxygens (including phenoxy) is 1. The average molecular weight is 983 g/mol. The third-order valence-electron chi connectivity index (χ3n) is 13.9. The van der Waals surface area contributed by atoms with E-state index in [1.807, 2.05) is 31.2 Å². The summed E-state index contributed by atoms with van der Waals surface area (Å²) in [5, 5.41) is 2.56. The van der Waals surface area contributed by atoms with E-state index in [1.165, 1.54) is 7.11 Å². The molecule has 0 spiro atoms. The van der Waals surface area contributed by atoms with E-state index in [9.17, 15) is 9.59 Å². The van der Waals surface area contributed by atoms with Crippen LogP contribution in [0.4, 0.5) is 11.6 Å². The molecule has 1 atom stereocenters. The minimum absolute atomic E-state index is 0.0213. The standard InChI is InChI=1S/C57H62N8O6Si/c1-15-16-44(67)70-72(71-45(68)26-25-43(66)69-14)64-50-37-23-19-33(56(8,9)10)29-41(37)53(64)61-47-36-22-18-32(55(5,6)7)28-40(36)49(59-47)63-51-38-24-20-34(57(11,12)13)30-42(38)52(65(51)72)60-46-35-21-17-31(54(2,3)4)27-39(35)48(58-46)62-50/h17-24,27-30H,15-16,25-26H2,1-14H3/b60-46-,60-52?,61-47?,61-53-,62-48?,62-50-,63-49-,63-51?. The van der Waals surface area contributed by atoms with E-state index in [0.717, 1.165) is 44.5 Å². The molecule has 10 rings (SSSR count). The van der Waals surface area contributed by atoms with Crippen molar-refractivity contribution in [3.8, 4) is 0 Å². The van der Waals surface area contributed by atoms with Crippen molar-refractivity contribution in [3.63, 3.8) is 0 Å². The van der Waals surface area contributed by atoms with Gasteiger partial charge in [-0.3, -0.25) is 22.8 Å². The fourth-order valence-corrected chi connectivity index (χ4v) is 12.8. The zero-order valence-electron chi connectivity index (χ0n) is 43.8. The van der Waals surface area contributed by atoms with Crippen LogP contribution in [0.5, 0.6) is 0 Å². The number of esters is 1. The molecular formula is C57H62N8O6Si. The molecule has 0 fully saturated rings. The largest absolute Gasteiger partial charge is 0.742 e. The number of hydrogen-bond acceptors (Lipinski definition) is 12. The SMILES string of the molecule is CCCC(=O)O[Si]1(OC(=O)CCC(=O)OC)n2c3c4cc(C(C)(C)C)ccc4c2/N=C2N=C(/N=c4/c5cc(C(C)(C)C)ccc5/c(n41)=N/C1=NC(=N\3)/c3ccc(C(C)(C)C)cc31)c1ccc(C(C)(C)C)cc1\2. The Morgan fingerprint density at radius 1 is 0.444 bits per heavy atom. The number of fused-ring (bicyclic) bond motifs is 14. The van der Waals surface area contributed by atoms with Gasteiger partial charge < -0.3 is 13.6 Å². The third kappa shape index (κ3) is 8.05. The summed E-state index contributed by atoms with van der Waals surface area (Å²) in [7, 11) is -3.93. The fourth-order valence-electron chi connectivity index (χ4n) is 9.62. The minimum atomic E-state index is -5.19. The van der Waals surface area contributed by atoms with Crippen LogP contribution in [0.2, 0.25) is 0 Å². The van der Waals surface area contributed by atoms with Crippen LogP contribution in [0.1, 0.15) is 160 Å². The second kappa shape index (κ2) is 16.7. The molecule has 6 bridgehead atoms. The van der Waals surface area contributed by atoms with Crippen molar-refractivity contribution >= 4 is 83.3 Å². The topological polar surface area (TPSA) is 163 Å². The molecule has 72 heavy (non-hydrogen) atoms. The Labute approximate surface area is 420 Å². The highest BCUT2D eigenvalue weighted by Gasteiger charge is 2.59. The first-order valence-corrected chi connectivity index (χ1v) is 26.5. The molecule has 0 saturated carbocycles. The maximum absolute atomic E-state index is 15.0. The molecule has 0 amide bonds. The molecule has 0 radical (unpaired) electrons. The molecule has 4 aliphatic rings. The lowest BCUT2D eigenvalue weighted by Gasteiger charge is -2.31. The van der Waals surface area contributed by atoms with Gasteiger partial charge in [-0.05, 0) is 74.6 Å². The van der Waals surface area contributed by atoms with Crippen LogP contribution in [0.15, 0.2) is 103 Å². The van der Waals surface area contributed by atoms with Gasteiger partial charge in [0.05, 0.1) is 20.0 Å². The lowest BCUT2D eigenvalue weighted by molar-refractivity contribution is -0.147. The molecule has 6 aromatic rings. The summed E-state index contributed by atoms with van der Waals surface area (Å²) in [6.45, 7) is 27.7. The Hall–Kier alpha value is -7.13. The van der Waals surface area contributed by atoms with E-state index >= 15 is 4.79 Å². The number of nitrogens with zero attached hydrogens (tertiary/aromatic N) is 8. The van der Waals surface area contributed by atoms with Gasteiger partial charge in [0.1, 0.15) is 22.6 Å². The molecule has 4 aromatic carbocycles. The Morgan fingerprint density at radius 3 is 1.36 bits per heavy atom. The zero-order valence-corrected chi connectivity index (χ0v) is 44.8. The fraction of sp³-hybridized carbons (Fsp3) is 0.386. The van der Waals surface area contributed by atoms with Crippen molar-refractivity contribution < 1.29 is 28.0 Å². The lowest BCUT2D eigenvalue weighted by atomic mass is 9.85. The number of carbonyl (C=O) groups excluding carboxylic acids is 3. The number of aromatic nitrogens is 2. The summed E-state index contributed by atoms with van der Waals surface area (Å²) in [5.74, 6) is -0.0274. The molecule has 6 heterocycles. The van der Waals surface area contributed by atoms with Gasteiger partial charge >= 0.3 is 14.9 Å². The Bertz CT molecular complexity index is 3640. The van der Waals surface area contributed by atoms with E-state index in [-0.39, 0.29) is 57.1 Å². The maximum Gasteiger partial charge on any atom is 0.742 e. The number of carbonyl (C=O) groups is 3. The predicted octanol–water partition coefficient (Wildman–Crippen LogP) is 10.4. The summed E-state index contributed by atoms with van der Waals surface area (Å²) in [6, 6.07) is 24.8. The van der Waals surface area contributed by atoms with E-state index < -0.39 is 33.2 Å². The quantitative estimate of drug-likeness (QED) is 0.114. The van der Waals surface area contributed by atoms with Gasteiger partial charge in [-0.2, -0.15) is 0 Å². The van der Waals surface area contributed by atoms with Crippen LogP contribution in [0, 0.1) is 0 Å². The monoisotopic (exact) mass is 982 g/mol. The zero-order chi connectivity index (χ0) is 51.6. The maximum atomic E-state index is 15.0. The van der Waals surface area contributed by atoms with Crippen molar-refractivity contribution in [3.05, 3.63) is 128 Å². The average Bonchev–Trinajstić information content (AvgIpc) is 4.01. The van der Waals surface area contributed by atoms with Crippen molar-refractivity contribution in [2.45, 2.75) is 137 Å². The van der Waals surface area contributed by atoms with E-state index in [1.54, 1.807) is 8.47 Å². The molecule has 15 heteroatoms. The van der Waals surface area contributed by atoms with Crippen molar-refractivity contribution in [1.82, 2.24) is 8.47 Å². The van der Waals surface area contributed by atoms with E-state index in [2.05, 4.69) is 132 Å². The molecule has 370 valence electrons. The third-order valence-corrected chi connectivity index (χ3v) is 16.8. The van der Waals surface area contributed by atoms with Crippen LogP contribution in [-0.4, -0.2) is 65.7 Å². The summed E-state index contributed by atoms with van der Waals surface area (Å²) >= 11 is 0. The normalized spacial score (nSPS) is 19.3. The number of benzene rings is 4. The minimum Gasteiger partial charge on any atom is -0.469 e. The predicted molar refractivity (Wildman–Crippen MR) is 284 cm³/mol. The highest BCUT2D eigenvalue weighted by molar-refractivity contribution is 6.69. The van der Waals surface area contributed by atoms with Crippen LogP contribution in [0.3, 0.4) is 0 Å². The van der Waals surface area contributed by atoms with E-state index in [4.69, 9.17) is 43.5 Å². The molecule has 14 nitrogen and oxygen atoms in total. The van der Waals surface area contributed by atoms with Crippen LogP contribution in [-0.2, 0) is 49.6 Å². The van der Waals surface area contributed by atoms with Crippen molar-refractivity contribution in [2.75, 3.05) is 7.11 Å². The van der Waals surface area contributed by atoms with E-state index in [0.29, 0.717) is 51.3 Å². The molecule has 0 aliphatic carbocycles. The number of aliphatic imine (C=N–C) groups is 4. The van der Waals surface area contributed by atoms with Crippen LogP contribution < -0.4 is 11.0 Å². The highest BCUT2D eigenvalue weighted by atomic mass is 28.4. The summed E-state index contributed by atoms with van der Waals surface area (Å²) < 4.78 is 22.6. The summed E-state index contributed by atoms with van der Waals surface area (Å²) in [6.07, 6.45) is -0.289. The van der Waals surface area contributed by atoms with Gasteiger partial charge in [-0.25, -0.2) is 30.0 Å². The number of hydrogen-bond donors (Lipinski definition) is 0. The summed E-state index contributed by atoms with van der Waals surface area (Å²) in [5.41, 5.74) is 6.59. The second-order valence-corrected chi connectivity index (χ2v) is 25.7. The molecule has 0 saturated heterocycles.